The second kappa shape index (κ2) is 14.6. The Morgan fingerprint density at radius 3 is 2.12 bits per heavy atom. The number of nitrogens with two attached hydrogens (primary N) is 1. The predicted octanol–water partition coefficient (Wildman–Crippen LogP) is 6.51. The fourth-order valence-electron chi connectivity index (χ4n) is 3.18. The summed E-state index contributed by atoms with van der Waals surface area (Å²) in [4.78, 5) is 0. The average molecular weight is 336 g/mol. The van der Waals surface area contributed by atoms with Crippen LogP contribution in [0.4, 0.5) is 0 Å². The van der Waals surface area contributed by atoms with Gasteiger partial charge in [0.2, 0.25) is 0 Å². The lowest BCUT2D eigenvalue weighted by Crippen LogP contribution is -1.97. The Morgan fingerprint density at radius 1 is 0.958 bits per heavy atom. The molecule has 0 aromatic carbocycles. The van der Waals surface area contributed by atoms with Gasteiger partial charge in [-0.3, -0.25) is 0 Å². The maximum atomic E-state index is 5.87. The molecule has 0 aromatic heterocycles. The zero-order valence-electron chi connectivity index (χ0n) is 16.1. The first-order valence-corrected chi connectivity index (χ1v) is 10.5. The summed E-state index contributed by atoms with van der Waals surface area (Å²) in [6, 6.07) is 0. The van der Waals surface area contributed by atoms with Gasteiger partial charge in [-0.25, -0.2) is 0 Å². The summed E-state index contributed by atoms with van der Waals surface area (Å²) in [5.74, 6) is 1.82. The largest absolute Gasteiger partial charge is 0.495 e. The first-order valence-electron chi connectivity index (χ1n) is 10.5. The molecule has 1 aliphatic carbocycles. The Morgan fingerprint density at radius 2 is 1.54 bits per heavy atom. The number of hydrogen-bond donors (Lipinski definition) is 1. The van der Waals surface area contributed by atoms with Gasteiger partial charge in [0.1, 0.15) is 6.10 Å². The molecule has 0 spiro atoms. The molecule has 0 aromatic rings. The Labute approximate surface area is 150 Å². The van der Waals surface area contributed by atoms with E-state index in [1.165, 1.54) is 83.5 Å². The predicted molar refractivity (Wildman–Crippen MR) is 106 cm³/mol. The number of rotatable bonds is 17. The highest BCUT2D eigenvalue weighted by molar-refractivity contribution is 4.93. The molecule has 0 radical (unpaired) electrons. The zero-order chi connectivity index (χ0) is 17.5. The maximum absolute atomic E-state index is 5.87. The van der Waals surface area contributed by atoms with Gasteiger partial charge in [-0.05, 0) is 63.8 Å². The van der Waals surface area contributed by atoms with E-state index >= 15 is 0 Å². The Hall–Kier alpha value is -0.760. The monoisotopic (exact) mass is 335 g/mol. The van der Waals surface area contributed by atoms with Crippen LogP contribution in [0.25, 0.3) is 0 Å². The van der Waals surface area contributed by atoms with Crippen LogP contribution in [0.1, 0.15) is 96.8 Å². The molecule has 2 unspecified atom stereocenters. The van der Waals surface area contributed by atoms with Crippen molar-refractivity contribution in [2.45, 2.75) is 103 Å². The Balaban J connectivity index is 1.77. The van der Waals surface area contributed by atoms with E-state index in [0.29, 0.717) is 6.10 Å². The van der Waals surface area contributed by atoms with Crippen molar-refractivity contribution in [3.05, 3.63) is 24.5 Å². The first-order chi connectivity index (χ1) is 11.8. The van der Waals surface area contributed by atoms with Crippen LogP contribution in [0.2, 0.25) is 0 Å². The highest BCUT2D eigenvalue weighted by Crippen LogP contribution is 2.38. The molecule has 0 amide bonds. The highest BCUT2D eigenvalue weighted by atomic mass is 16.5. The van der Waals surface area contributed by atoms with Gasteiger partial charge < -0.3 is 10.5 Å². The number of ether oxygens (including phenoxy) is 1. The Bertz CT molecular complexity index is 337. The van der Waals surface area contributed by atoms with Gasteiger partial charge >= 0.3 is 0 Å². The van der Waals surface area contributed by atoms with Gasteiger partial charge in [0, 0.05) is 6.42 Å². The molecule has 1 aliphatic rings. The summed E-state index contributed by atoms with van der Waals surface area (Å²) >= 11 is 0. The van der Waals surface area contributed by atoms with Crippen LogP contribution in [0.15, 0.2) is 24.5 Å². The van der Waals surface area contributed by atoms with Crippen LogP contribution in [-0.2, 0) is 4.74 Å². The second-order valence-electron chi connectivity index (χ2n) is 7.37. The molecule has 2 nitrogen and oxygen atoms in total. The van der Waals surface area contributed by atoms with E-state index in [4.69, 9.17) is 10.5 Å². The van der Waals surface area contributed by atoms with E-state index in [-0.39, 0.29) is 0 Å². The summed E-state index contributed by atoms with van der Waals surface area (Å²) < 4.78 is 5.87. The molecule has 2 atom stereocenters. The molecular weight excluding hydrogens is 294 g/mol. The molecule has 1 fully saturated rings. The minimum absolute atomic E-state index is 0.494. The first kappa shape index (κ1) is 21.3. The fraction of sp³-hybridized carbons (Fsp3) is 0.818. The standard InChI is InChI=1S/C22H41NO/c1-3-21-19-22(21)24-20(2)17-15-13-11-9-7-5-4-6-8-10-12-14-16-18-23/h4-5,21-22H,2-3,6-19,23H2,1H3/b5-4+. The normalized spacial score (nSPS) is 19.8. The molecule has 0 bridgehead atoms. The third-order valence-electron chi connectivity index (χ3n) is 5.02. The smallest absolute Gasteiger partial charge is 0.102 e. The molecule has 2 N–H and O–H groups in total. The van der Waals surface area contributed by atoms with Gasteiger partial charge in [0.25, 0.3) is 0 Å². The van der Waals surface area contributed by atoms with E-state index in [1.54, 1.807) is 0 Å². The fourth-order valence-corrected chi connectivity index (χ4v) is 3.18. The van der Waals surface area contributed by atoms with Gasteiger partial charge in [-0.2, -0.15) is 0 Å². The molecule has 0 saturated heterocycles. The molecule has 0 aliphatic heterocycles. The molecule has 1 saturated carbocycles. The summed E-state index contributed by atoms with van der Waals surface area (Å²) in [6.45, 7) is 7.16. The molecule has 140 valence electrons. The summed E-state index contributed by atoms with van der Waals surface area (Å²) in [5, 5.41) is 0. The van der Waals surface area contributed by atoms with E-state index in [1.807, 2.05) is 0 Å². The lowest BCUT2D eigenvalue weighted by Gasteiger charge is -2.08. The van der Waals surface area contributed by atoms with Crippen molar-refractivity contribution in [1.82, 2.24) is 0 Å². The van der Waals surface area contributed by atoms with Crippen molar-refractivity contribution in [2.24, 2.45) is 11.7 Å². The lowest BCUT2D eigenvalue weighted by atomic mass is 10.1. The Kier molecular flexibility index (Phi) is 12.9. The summed E-state index contributed by atoms with van der Waals surface area (Å²) in [7, 11) is 0. The third-order valence-corrected chi connectivity index (χ3v) is 5.02. The van der Waals surface area contributed by atoms with E-state index in [0.717, 1.165) is 24.6 Å². The van der Waals surface area contributed by atoms with Crippen molar-refractivity contribution >= 4 is 0 Å². The van der Waals surface area contributed by atoms with Crippen molar-refractivity contribution in [3.63, 3.8) is 0 Å². The van der Waals surface area contributed by atoms with Crippen molar-refractivity contribution in [3.8, 4) is 0 Å². The molecular formula is C22H41NO. The van der Waals surface area contributed by atoms with Crippen LogP contribution < -0.4 is 5.73 Å². The molecule has 24 heavy (non-hydrogen) atoms. The molecule has 2 heteroatoms. The van der Waals surface area contributed by atoms with Crippen molar-refractivity contribution in [1.29, 1.82) is 0 Å². The molecule has 0 heterocycles. The van der Waals surface area contributed by atoms with Gasteiger partial charge in [-0.1, -0.05) is 57.8 Å². The van der Waals surface area contributed by atoms with Crippen molar-refractivity contribution in [2.75, 3.05) is 6.54 Å². The average Bonchev–Trinajstić information content (AvgIpc) is 3.33. The second-order valence-corrected chi connectivity index (χ2v) is 7.37. The number of hydrogen-bond acceptors (Lipinski definition) is 2. The van der Waals surface area contributed by atoms with E-state index in [2.05, 4.69) is 25.7 Å². The topological polar surface area (TPSA) is 35.2 Å². The minimum Gasteiger partial charge on any atom is -0.495 e. The van der Waals surface area contributed by atoms with Gasteiger partial charge in [-0.15, -0.1) is 0 Å². The summed E-state index contributed by atoms with van der Waals surface area (Å²) in [6.07, 6.45) is 23.0. The van der Waals surface area contributed by atoms with Crippen LogP contribution in [0.5, 0.6) is 0 Å². The van der Waals surface area contributed by atoms with Crippen molar-refractivity contribution < 1.29 is 4.74 Å². The lowest BCUT2D eigenvalue weighted by molar-refractivity contribution is 0.173. The quantitative estimate of drug-likeness (QED) is 0.187. The highest BCUT2D eigenvalue weighted by Gasteiger charge is 2.37. The third kappa shape index (κ3) is 11.7. The van der Waals surface area contributed by atoms with Gasteiger partial charge in [0.05, 0.1) is 5.76 Å². The van der Waals surface area contributed by atoms with Gasteiger partial charge in [0.15, 0.2) is 0 Å². The zero-order valence-corrected chi connectivity index (χ0v) is 16.1. The number of unbranched alkanes of at least 4 members (excludes halogenated alkanes) is 9. The van der Waals surface area contributed by atoms with Crippen LogP contribution >= 0.6 is 0 Å². The van der Waals surface area contributed by atoms with Crippen LogP contribution in [0, 0.1) is 5.92 Å². The maximum Gasteiger partial charge on any atom is 0.102 e. The van der Waals surface area contributed by atoms with Crippen LogP contribution in [-0.4, -0.2) is 12.6 Å². The molecule has 1 rings (SSSR count). The summed E-state index contributed by atoms with van der Waals surface area (Å²) in [5.41, 5.74) is 5.49. The van der Waals surface area contributed by atoms with E-state index < -0.39 is 0 Å². The SMILES string of the molecule is C=C(CCCCCC/C=C/CCCCCCCN)OC1CC1CC. The van der Waals surface area contributed by atoms with Crippen LogP contribution in [0.3, 0.4) is 0 Å². The number of allylic oxidation sites excluding steroid dienone is 3. The minimum atomic E-state index is 0.494. The van der Waals surface area contributed by atoms with E-state index in [9.17, 15) is 0 Å².